The van der Waals surface area contributed by atoms with E-state index in [1.807, 2.05) is 6.92 Å². The van der Waals surface area contributed by atoms with Gasteiger partial charge in [-0.2, -0.15) is 0 Å². The van der Waals surface area contributed by atoms with Crippen molar-refractivity contribution < 1.29 is 43.2 Å². The zero-order chi connectivity index (χ0) is 19.6. The van der Waals surface area contributed by atoms with E-state index in [4.69, 9.17) is 24.1 Å². The molecule has 0 aliphatic carbocycles. The standard InChI is InChI=1S/C16H26O9/c1-6-7-8-22-14(20)11(9-12(17)18)24-13(19)10(2)23-15(21)25-16(3,4)5/h10-11H,6-9H2,1-5H3,(H,17,18)/t10-,11-/m0/s1. The molecule has 0 heterocycles. The molecular formula is C16H26O9. The van der Waals surface area contributed by atoms with E-state index in [2.05, 4.69) is 0 Å². The molecule has 2 atom stereocenters. The number of carbonyl (C=O) groups excluding carboxylic acids is 3. The van der Waals surface area contributed by atoms with Crippen molar-refractivity contribution in [3.05, 3.63) is 0 Å². The van der Waals surface area contributed by atoms with Gasteiger partial charge in [-0.15, -0.1) is 0 Å². The number of ether oxygens (including phenoxy) is 4. The van der Waals surface area contributed by atoms with Gasteiger partial charge in [-0.05, 0) is 34.1 Å². The molecule has 0 fully saturated rings. The molecule has 0 aliphatic heterocycles. The molecule has 0 bridgehead atoms. The van der Waals surface area contributed by atoms with Crippen LogP contribution in [-0.2, 0) is 33.3 Å². The van der Waals surface area contributed by atoms with Gasteiger partial charge in [0.15, 0.2) is 6.10 Å². The molecule has 0 saturated carbocycles. The van der Waals surface area contributed by atoms with Gasteiger partial charge in [0.1, 0.15) is 5.60 Å². The number of aliphatic carboxylic acids is 1. The summed E-state index contributed by atoms with van der Waals surface area (Å²) < 4.78 is 19.3. The summed E-state index contributed by atoms with van der Waals surface area (Å²) in [4.78, 5) is 46.1. The summed E-state index contributed by atoms with van der Waals surface area (Å²) in [6.07, 6.45) is -3.47. The Morgan fingerprint density at radius 2 is 1.64 bits per heavy atom. The minimum Gasteiger partial charge on any atom is -0.481 e. The minimum absolute atomic E-state index is 0.0902. The molecule has 0 aromatic rings. The number of hydrogen-bond acceptors (Lipinski definition) is 8. The number of esters is 2. The van der Waals surface area contributed by atoms with Gasteiger partial charge in [0.2, 0.25) is 6.10 Å². The first kappa shape index (κ1) is 22.7. The van der Waals surface area contributed by atoms with Crippen molar-refractivity contribution in [1.82, 2.24) is 0 Å². The third-order valence-electron chi connectivity index (χ3n) is 2.62. The number of hydrogen-bond donors (Lipinski definition) is 1. The van der Waals surface area contributed by atoms with Crippen molar-refractivity contribution in [2.45, 2.75) is 71.7 Å². The Hall–Kier alpha value is -2.32. The number of carboxylic acid groups (broad SMARTS) is 1. The molecule has 0 radical (unpaired) electrons. The fourth-order valence-electron chi connectivity index (χ4n) is 1.44. The lowest BCUT2D eigenvalue weighted by Gasteiger charge is -2.21. The number of unbranched alkanes of at least 4 members (excludes halogenated alkanes) is 1. The zero-order valence-corrected chi connectivity index (χ0v) is 15.2. The Morgan fingerprint density at radius 3 is 2.12 bits per heavy atom. The largest absolute Gasteiger partial charge is 0.509 e. The molecule has 0 aromatic carbocycles. The summed E-state index contributed by atoms with van der Waals surface area (Å²) in [5, 5.41) is 8.82. The van der Waals surface area contributed by atoms with E-state index in [1.54, 1.807) is 20.8 Å². The van der Waals surface area contributed by atoms with E-state index >= 15 is 0 Å². The van der Waals surface area contributed by atoms with Crippen LogP contribution >= 0.6 is 0 Å². The van der Waals surface area contributed by atoms with Crippen LogP contribution in [0.2, 0.25) is 0 Å². The predicted molar refractivity (Wildman–Crippen MR) is 84.8 cm³/mol. The van der Waals surface area contributed by atoms with Gasteiger partial charge in [-0.1, -0.05) is 13.3 Å². The van der Waals surface area contributed by atoms with E-state index < -0.39 is 48.3 Å². The summed E-state index contributed by atoms with van der Waals surface area (Å²) in [5.74, 6) is -3.39. The maximum absolute atomic E-state index is 11.9. The van der Waals surface area contributed by atoms with Crippen LogP contribution in [-0.4, -0.2) is 53.6 Å². The maximum Gasteiger partial charge on any atom is 0.509 e. The van der Waals surface area contributed by atoms with Gasteiger partial charge >= 0.3 is 24.1 Å². The van der Waals surface area contributed by atoms with Gasteiger partial charge in [-0.25, -0.2) is 14.4 Å². The lowest BCUT2D eigenvalue weighted by Crippen LogP contribution is -2.37. The summed E-state index contributed by atoms with van der Waals surface area (Å²) in [6.45, 7) is 8.04. The lowest BCUT2D eigenvalue weighted by molar-refractivity contribution is -0.176. The molecule has 9 heteroatoms. The van der Waals surface area contributed by atoms with E-state index in [1.165, 1.54) is 6.92 Å². The number of rotatable bonds is 9. The first-order valence-electron chi connectivity index (χ1n) is 7.94. The monoisotopic (exact) mass is 362 g/mol. The third-order valence-corrected chi connectivity index (χ3v) is 2.62. The molecule has 0 aromatic heterocycles. The Bertz CT molecular complexity index is 478. The quantitative estimate of drug-likeness (QED) is 0.372. The summed E-state index contributed by atoms with van der Waals surface area (Å²) in [5.41, 5.74) is -0.810. The number of carbonyl (C=O) groups is 4. The van der Waals surface area contributed by atoms with E-state index in [0.29, 0.717) is 6.42 Å². The van der Waals surface area contributed by atoms with Crippen LogP contribution in [0.25, 0.3) is 0 Å². The molecule has 0 aliphatic rings. The predicted octanol–water partition coefficient (Wildman–Crippen LogP) is 2.06. The van der Waals surface area contributed by atoms with Gasteiger partial charge in [0, 0.05) is 0 Å². The Labute approximate surface area is 146 Å². The van der Waals surface area contributed by atoms with Crippen LogP contribution in [0.15, 0.2) is 0 Å². The first-order valence-corrected chi connectivity index (χ1v) is 7.94. The molecule has 0 unspecified atom stereocenters. The molecule has 0 spiro atoms. The van der Waals surface area contributed by atoms with Gasteiger partial charge in [0.25, 0.3) is 0 Å². The Balaban J connectivity index is 4.70. The first-order chi connectivity index (χ1) is 11.5. The van der Waals surface area contributed by atoms with Crippen LogP contribution in [0, 0.1) is 0 Å². The van der Waals surface area contributed by atoms with E-state index in [9.17, 15) is 19.2 Å². The zero-order valence-electron chi connectivity index (χ0n) is 15.2. The van der Waals surface area contributed by atoms with Crippen molar-refractivity contribution in [2.75, 3.05) is 6.61 Å². The van der Waals surface area contributed by atoms with Crippen molar-refractivity contribution in [3.63, 3.8) is 0 Å². The molecule has 144 valence electrons. The molecule has 0 saturated heterocycles. The van der Waals surface area contributed by atoms with Crippen molar-refractivity contribution in [3.8, 4) is 0 Å². The van der Waals surface area contributed by atoms with Gasteiger partial charge < -0.3 is 24.1 Å². The normalized spacial score (nSPS) is 13.3. The molecule has 25 heavy (non-hydrogen) atoms. The van der Waals surface area contributed by atoms with Crippen LogP contribution in [0.1, 0.15) is 53.9 Å². The molecule has 9 nitrogen and oxygen atoms in total. The summed E-state index contributed by atoms with van der Waals surface area (Å²) in [7, 11) is 0. The highest BCUT2D eigenvalue weighted by Crippen LogP contribution is 2.11. The SMILES string of the molecule is CCCCOC(=O)[C@H](CC(=O)O)OC(=O)[C@H](C)OC(=O)OC(C)(C)C. The fraction of sp³-hybridized carbons (Fsp3) is 0.750. The second kappa shape index (κ2) is 10.5. The Morgan fingerprint density at radius 1 is 1.04 bits per heavy atom. The number of carboxylic acids is 1. The minimum atomic E-state index is -1.62. The highest BCUT2D eigenvalue weighted by molar-refractivity contribution is 5.85. The fourth-order valence-corrected chi connectivity index (χ4v) is 1.44. The average molecular weight is 362 g/mol. The van der Waals surface area contributed by atoms with E-state index in [0.717, 1.165) is 6.42 Å². The maximum atomic E-state index is 11.9. The smallest absolute Gasteiger partial charge is 0.481 e. The van der Waals surface area contributed by atoms with Crippen molar-refractivity contribution in [2.24, 2.45) is 0 Å². The van der Waals surface area contributed by atoms with Crippen LogP contribution < -0.4 is 0 Å². The lowest BCUT2D eigenvalue weighted by atomic mass is 10.2. The average Bonchev–Trinajstić information content (AvgIpc) is 2.43. The molecule has 0 rings (SSSR count). The second-order valence-electron chi connectivity index (χ2n) is 6.27. The highest BCUT2D eigenvalue weighted by Gasteiger charge is 2.31. The van der Waals surface area contributed by atoms with E-state index in [-0.39, 0.29) is 6.61 Å². The topological polar surface area (TPSA) is 125 Å². The Kier molecular flexibility index (Phi) is 9.55. The summed E-state index contributed by atoms with van der Waals surface area (Å²) in [6, 6.07) is 0. The molecular weight excluding hydrogens is 336 g/mol. The molecule has 1 N–H and O–H groups in total. The highest BCUT2D eigenvalue weighted by atomic mass is 16.7. The summed E-state index contributed by atoms with van der Waals surface area (Å²) >= 11 is 0. The van der Waals surface area contributed by atoms with Gasteiger partial charge in [0.05, 0.1) is 13.0 Å². The van der Waals surface area contributed by atoms with Crippen LogP contribution in [0.3, 0.4) is 0 Å². The molecule has 0 amide bonds. The van der Waals surface area contributed by atoms with Crippen LogP contribution in [0.5, 0.6) is 0 Å². The van der Waals surface area contributed by atoms with Crippen LogP contribution in [0.4, 0.5) is 4.79 Å². The third kappa shape index (κ3) is 11.0. The van der Waals surface area contributed by atoms with Crippen molar-refractivity contribution in [1.29, 1.82) is 0 Å². The second-order valence-corrected chi connectivity index (χ2v) is 6.27. The van der Waals surface area contributed by atoms with Gasteiger partial charge in [-0.3, -0.25) is 4.79 Å². The van der Waals surface area contributed by atoms with Crippen molar-refractivity contribution >= 4 is 24.1 Å².